The topological polar surface area (TPSA) is 89.3 Å². The van der Waals surface area contributed by atoms with Crippen molar-refractivity contribution in [1.29, 1.82) is 0 Å². The molecule has 1 heterocycles. The number of carbonyl (C=O) groups is 1. The molecular formula is C11H16F2N4O2. The van der Waals surface area contributed by atoms with Gasteiger partial charge in [-0.05, 0) is 6.92 Å². The summed E-state index contributed by atoms with van der Waals surface area (Å²) in [6.07, 6.45) is 0. The molecule has 0 aliphatic heterocycles. The molecule has 0 fully saturated rings. The summed E-state index contributed by atoms with van der Waals surface area (Å²) in [5.41, 5.74) is 4.87. The molecule has 0 bridgehead atoms. The zero-order chi connectivity index (χ0) is 14.3. The summed E-state index contributed by atoms with van der Waals surface area (Å²) in [5, 5.41) is 5.32. The fraction of sp³-hybridized carbons (Fsp3) is 0.455. The number of ether oxygens (including phenoxy) is 1. The largest absolute Gasteiger partial charge is 0.370 e. The summed E-state index contributed by atoms with van der Waals surface area (Å²) >= 11 is 0. The highest BCUT2D eigenvalue weighted by Crippen LogP contribution is 2.18. The molecule has 1 aromatic rings. The Bertz CT molecular complexity index is 443. The van der Waals surface area contributed by atoms with E-state index in [-0.39, 0.29) is 31.4 Å². The first kappa shape index (κ1) is 15.1. The van der Waals surface area contributed by atoms with E-state index in [0.717, 1.165) is 6.07 Å². The average Bonchev–Trinajstić information content (AvgIpc) is 2.33. The quantitative estimate of drug-likeness (QED) is 0.607. The van der Waals surface area contributed by atoms with Crippen molar-refractivity contribution in [3.8, 4) is 0 Å². The number of nitrogens with zero attached hydrogens (tertiary/aromatic N) is 1. The number of primary amides is 1. The highest BCUT2D eigenvalue weighted by molar-refractivity contribution is 5.74. The van der Waals surface area contributed by atoms with Crippen molar-refractivity contribution in [1.82, 2.24) is 4.98 Å². The number of aromatic nitrogens is 1. The van der Waals surface area contributed by atoms with Gasteiger partial charge in [0.05, 0.1) is 6.61 Å². The van der Waals surface area contributed by atoms with Crippen molar-refractivity contribution in [2.45, 2.75) is 6.92 Å². The molecule has 4 N–H and O–H groups in total. The Morgan fingerprint density at radius 2 is 2.00 bits per heavy atom. The van der Waals surface area contributed by atoms with E-state index in [1.54, 1.807) is 6.92 Å². The maximum atomic E-state index is 13.4. The fourth-order valence-electron chi connectivity index (χ4n) is 1.30. The second-order valence-electron chi connectivity index (χ2n) is 3.63. The summed E-state index contributed by atoms with van der Waals surface area (Å²) in [4.78, 5) is 14.2. The van der Waals surface area contributed by atoms with Crippen LogP contribution in [0.3, 0.4) is 0 Å². The van der Waals surface area contributed by atoms with Crippen molar-refractivity contribution in [3.63, 3.8) is 0 Å². The number of hydrogen-bond donors (Lipinski definition) is 3. The average molecular weight is 274 g/mol. The molecule has 19 heavy (non-hydrogen) atoms. The fourth-order valence-corrected chi connectivity index (χ4v) is 1.30. The van der Waals surface area contributed by atoms with Crippen molar-refractivity contribution in [2.24, 2.45) is 5.73 Å². The summed E-state index contributed by atoms with van der Waals surface area (Å²) in [6, 6.07) is 0.748. The highest BCUT2D eigenvalue weighted by atomic mass is 19.1. The first-order chi connectivity index (χ1) is 9.04. The molecule has 0 atom stereocenters. The predicted molar refractivity (Wildman–Crippen MR) is 66.8 cm³/mol. The standard InChI is InChI=1S/C11H16F2N4O2/c1-2-15-10-7(12)5-8(13)11(17-10)16-3-4-19-6-9(14)18/h5H,2-4,6H2,1H3,(H2,14,18)(H2,15,16,17). The van der Waals surface area contributed by atoms with Gasteiger partial charge in [-0.2, -0.15) is 0 Å². The van der Waals surface area contributed by atoms with Crippen LogP contribution < -0.4 is 16.4 Å². The summed E-state index contributed by atoms with van der Waals surface area (Å²) in [5.74, 6) is -2.24. The predicted octanol–water partition coefficient (Wildman–Crippen LogP) is 0.705. The van der Waals surface area contributed by atoms with Gasteiger partial charge in [0.15, 0.2) is 23.3 Å². The molecule has 0 saturated heterocycles. The number of pyridine rings is 1. The lowest BCUT2D eigenvalue weighted by molar-refractivity contribution is -0.122. The van der Waals surface area contributed by atoms with Crippen LogP contribution in [0.25, 0.3) is 0 Å². The lowest BCUT2D eigenvalue weighted by Gasteiger charge is -2.10. The molecule has 0 aliphatic carbocycles. The van der Waals surface area contributed by atoms with Crippen LogP contribution in [0.4, 0.5) is 20.4 Å². The zero-order valence-electron chi connectivity index (χ0n) is 10.5. The smallest absolute Gasteiger partial charge is 0.243 e. The molecule has 6 nitrogen and oxygen atoms in total. The summed E-state index contributed by atoms with van der Waals surface area (Å²) < 4.78 is 31.6. The Morgan fingerprint density at radius 1 is 1.37 bits per heavy atom. The Hall–Kier alpha value is -1.96. The lowest BCUT2D eigenvalue weighted by atomic mass is 10.4. The van der Waals surface area contributed by atoms with Crippen LogP contribution in [-0.2, 0) is 9.53 Å². The van der Waals surface area contributed by atoms with Gasteiger partial charge in [-0.3, -0.25) is 4.79 Å². The van der Waals surface area contributed by atoms with Crippen LogP contribution in [-0.4, -0.2) is 37.2 Å². The molecule has 1 aromatic heterocycles. The van der Waals surface area contributed by atoms with E-state index < -0.39 is 17.5 Å². The number of nitrogens with two attached hydrogens (primary N) is 1. The van der Waals surface area contributed by atoms with Crippen LogP contribution in [0.5, 0.6) is 0 Å². The van der Waals surface area contributed by atoms with Gasteiger partial charge < -0.3 is 21.1 Å². The van der Waals surface area contributed by atoms with E-state index in [2.05, 4.69) is 15.6 Å². The van der Waals surface area contributed by atoms with Crippen molar-refractivity contribution in [2.75, 3.05) is 36.9 Å². The molecule has 0 radical (unpaired) electrons. The maximum absolute atomic E-state index is 13.4. The molecule has 106 valence electrons. The molecule has 0 saturated carbocycles. The van der Waals surface area contributed by atoms with Gasteiger partial charge in [0, 0.05) is 19.2 Å². The number of nitrogens with one attached hydrogen (secondary N) is 2. The van der Waals surface area contributed by atoms with Crippen LogP contribution in [0.2, 0.25) is 0 Å². The Labute approximate surface area is 109 Å². The van der Waals surface area contributed by atoms with Gasteiger partial charge in [-0.15, -0.1) is 0 Å². The van der Waals surface area contributed by atoms with Gasteiger partial charge in [0.2, 0.25) is 5.91 Å². The Kier molecular flexibility index (Phi) is 5.94. The summed E-state index contributed by atoms with van der Waals surface area (Å²) in [6.45, 7) is 2.40. The van der Waals surface area contributed by atoms with E-state index in [0.29, 0.717) is 6.54 Å². The first-order valence-electron chi connectivity index (χ1n) is 5.74. The molecule has 0 aromatic carbocycles. The third-order valence-corrected chi connectivity index (χ3v) is 2.06. The molecule has 0 aliphatic rings. The number of amides is 1. The number of rotatable bonds is 8. The number of hydrogen-bond acceptors (Lipinski definition) is 5. The monoisotopic (exact) mass is 274 g/mol. The van der Waals surface area contributed by atoms with E-state index in [4.69, 9.17) is 10.5 Å². The van der Waals surface area contributed by atoms with Crippen LogP contribution in [0.1, 0.15) is 6.92 Å². The van der Waals surface area contributed by atoms with Crippen molar-refractivity contribution in [3.05, 3.63) is 17.7 Å². The minimum absolute atomic E-state index is 0.0237. The second-order valence-corrected chi connectivity index (χ2v) is 3.63. The number of carbonyl (C=O) groups excluding carboxylic acids is 1. The van der Waals surface area contributed by atoms with Gasteiger partial charge in [0.1, 0.15) is 6.61 Å². The normalized spacial score (nSPS) is 10.3. The molecule has 1 rings (SSSR count). The lowest BCUT2D eigenvalue weighted by Crippen LogP contribution is -2.21. The maximum Gasteiger partial charge on any atom is 0.243 e. The SMILES string of the molecule is CCNc1nc(NCCOCC(N)=O)c(F)cc1F. The second kappa shape index (κ2) is 7.47. The third kappa shape index (κ3) is 5.04. The Morgan fingerprint density at radius 3 is 2.58 bits per heavy atom. The van der Waals surface area contributed by atoms with Crippen molar-refractivity contribution >= 4 is 17.5 Å². The van der Waals surface area contributed by atoms with Gasteiger partial charge in [-0.25, -0.2) is 13.8 Å². The highest BCUT2D eigenvalue weighted by Gasteiger charge is 2.10. The van der Waals surface area contributed by atoms with Crippen LogP contribution in [0.15, 0.2) is 6.07 Å². The minimum atomic E-state index is -0.797. The Balaban J connectivity index is 2.52. The van der Waals surface area contributed by atoms with E-state index >= 15 is 0 Å². The summed E-state index contributed by atoms with van der Waals surface area (Å²) in [7, 11) is 0. The van der Waals surface area contributed by atoms with Crippen molar-refractivity contribution < 1.29 is 18.3 Å². The van der Waals surface area contributed by atoms with E-state index in [1.165, 1.54) is 0 Å². The van der Waals surface area contributed by atoms with Crippen LogP contribution >= 0.6 is 0 Å². The first-order valence-corrected chi connectivity index (χ1v) is 5.74. The molecule has 0 spiro atoms. The molecular weight excluding hydrogens is 258 g/mol. The van der Waals surface area contributed by atoms with Gasteiger partial charge >= 0.3 is 0 Å². The van der Waals surface area contributed by atoms with E-state index in [9.17, 15) is 13.6 Å². The molecule has 8 heteroatoms. The molecule has 1 amide bonds. The molecule has 0 unspecified atom stereocenters. The minimum Gasteiger partial charge on any atom is -0.370 e. The van der Waals surface area contributed by atoms with E-state index in [1.807, 2.05) is 0 Å². The zero-order valence-corrected chi connectivity index (χ0v) is 10.5. The van der Waals surface area contributed by atoms with Gasteiger partial charge in [-0.1, -0.05) is 0 Å². The number of anilines is 2. The third-order valence-electron chi connectivity index (χ3n) is 2.06. The van der Waals surface area contributed by atoms with Crippen LogP contribution in [0, 0.1) is 11.6 Å². The van der Waals surface area contributed by atoms with Gasteiger partial charge in [0.25, 0.3) is 0 Å². The number of halogens is 2.